The molecule has 1 rings (SSSR count). The lowest BCUT2D eigenvalue weighted by Gasteiger charge is -1.62. The van der Waals surface area contributed by atoms with Crippen molar-refractivity contribution in [3.05, 3.63) is 12.7 Å². The molecule has 1 unspecified atom stereocenters. The molecule has 0 aromatic carbocycles. The second kappa shape index (κ2) is 1.39. The van der Waals surface area contributed by atoms with E-state index in [1.807, 2.05) is 0 Å². The van der Waals surface area contributed by atoms with Crippen LogP contribution in [-0.4, -0.2) is 4.98 Å². The Balaban J connectivity index is 3.05. The molecule has 0 saturated heterocycles. The van der Waals surface area contributed by atoms with Crippen LogP contribution in [0.4, 0.5) is 0 Å². The zero-order valence-corrected chi connectivity index (χ0v) is 4.24. The molecule has 0 fully saturated rings. The molecule has 0 aliphatic rings. The van der Waals surface area contributed by atoms with E-state index in [2.05, 4.69) is 18.6 Å². The molecule has 0 N–H and O–H groups in total. The molecule has 2 nitrogen and oxygen atoms in total. The lowest BCUT2D eigenvalue weighted by Crippen LogP contribution is -1.83. The highest BCUT2D eigenvalue weighted by atomic mass is 31.0. The summed E-state index contributed by atoms with van der Waals surface area (Å²) in [5.74, 6) is 0. The fourth-order valence-corrected chi connectivity index (χ4v) is 0.361. The van der Waals surface area contributed by atoms with Gasteiger partial charge in [0.15, 0.2) is 6.39 Å². The maximum atomic E-state index is 4.58. The molecule has 0 radical (unpaired) electrons. The van der Waals surface area contributed by atoms with Crippen molar-refractivity contribution in [3.63, 3.8) is 0 Å². The second-order valence-electron chi connectivity index (χ2n) is 0.913. The number of aromatic nitrogens is 1. The molecule has 32 valence electrons. The Morgan fingerprint density at radius 2 is 2.67 bits per heavy atom. The Hall–Kier alpha value is -0.360. The van der Waals surface area contributed by atoms with E-state index in [1.54, 1.807) is 6.26 Å². The van der Waals surface area contributed by atoms with E-state index in [9.17, 15) is 0 Å². The van der Waals surface area contributed by atoms with Crippen molar-refractivity contribution in [3.8, 4) is 0 Å². The Morgan fingerprint density at radius 1 is 1.83 bits per heavy atom. The lowest BCUT2D eigenvalue weighted by atomic mass is 11.0. The number of hydrogen-bond donors (Lipinski definition) is 0. The van der Waals surface area contributed by atoms with Gasteiger partial charge in [-0.2, -0.15) is 0 Å². The van der Waals surface area contributed by atoms with E-state index in [4.69, 9.17) is 0 Å². The van der Waals surface area contributed by atoms with E-state index in [0.717, 1.165) is 5.44 Å². The van der Waals surface area contributed by atoms with Gasteiger partial charge in [-0.3, -0.25) is 0 Å². The molecule has 1 heterocycles. The van der Waals surface area contributed by atoms with Crippen LogP contribution in [0.1, 0.15) is 0 Å². The monoisotopic (exact) mass is 101 g/mol. The maximum Gasteiger partial charge on any atom is 0.181 e. The highest BCUT2D eigenvalue weighted by Gasteiger charge is 1.77. The average Bonchev–Trinajstić information content (AvgIpc) is 1.86. The van der Waals surface area contributed by atoms with Gasteiger partial charge >= 0.3 is 0 Å². The summed E-state index contributed by atoms with van der Waals surface area (Å²) in [6.45, 7) is 0. The highest BCUT2D eigenvalue weighted by Crippen LogP contribution is 1.80. The van der Waals surface area contributed by atoms with E-state index in [0.29, 0.717) is 0 Å². The molecule has 1 aromatic heterocycles. The Kier molecular flexibility index (Phi) is 0.887. The van der Waals surface area contributed by atoms with Crippen LogP contribution < -0.4 is 5.44 Å². The number of oxazole rings is 1. The van der Waals surface area contributed by atoms with Gasteiger partial charge in [0, 0.05) is 0 Å². The molecule has 0 saturated carbocycles. The fourth-order valence-electron chi connectivity index (χ4n) is 0.222. The predicted octanol–water partition coefficient (Wildman–Crippen LogP) is 0.175. The Bertz CT molecular complexity index is 114. The van der Waals surface area contributed by atoms with E-state index < -0.39 is 0 Å². The van der Waals surface area contributed by atoms with Gasteiger partial charge < -0.3 is 4.42 Å². The SMILES string of the molecule is Pc1cocn1. The summed E-state index contributed by atoms with van der Waals surface area (Å²) in [6.07, 6.45) is 2.95. The first-order chi connectivity index (χ1) is 2.89. The topological polar surface area (TPSA) is 26.0 Å². The third-order valence-corrected chi connectivity index (χ3v) is 0.737. The molecule has 0 aliphatic heterocycles. The van der Waals surface area contributed by atoms with Crippen molar-refractivity contribution >= 4 is 14.7 Å². The van der Waals surface area contributed by atoms with Crippen LogP contribution >= 0.6 is 9.24 Å². The summed E-state index contributed by atoms with van der Waals surface area (Å²) in [4.78, 5) is 3.71. The molecule has 1 atom stereocenters. The molecule has 0 bridgehead atoms. The van der Waals surface area contributed by atoms with Crippen molar-refractivity contribution in [1.29, 1.82) is 0 Å². The van der Waals surface area contributed by atoms with Crippen molar-refractivity contribution in [2.24, 2.45) is 0 Å². The maximum absolute atomic E-state index is 4.58. The standard InChI is InChI=1S/C3H4NOP/c6-3-1-5-2-4-3/h1-2H,6H2. The van der Waals surface area contributed by atoms with Gasteiger partial charge in [-0.25, -0.2) is 4.98 Å². The van der Waals surface area contributed by atoms with Crippen molar-refractivity contribution < 1.29 is 4.42 Å². The summed E-state index contributed by atoms with van der Waals surface area (Å²) in [5, 5.41) is 0. The van der Waals surface area contributed by atoms with Gasteiger partial charge in [0.25, 0.3) is 0 Å². The first-order valence-corrected chi connectivity index (χ1v) is 2.11. The van der Waals surface area contributed by atoms with Crippen LogP contribution in [0.5, 0.6) is 0 Å². The zero-order chi connectivity index (χ0) is 4.41. The van der Waals surface area contributed by atoms with E-state index in [1.165, 1.54) is 6.39 Å². The van der Waals surface area contributed by atoms with Crippen molar-refractivity contribution in [2.75, 3.05) is 0 Å². The molecule has 0 aliphatic carbocycles. The molecule has 0 spiro atoms. The highest BCUT2D eigenvalue weighted by molar-refractivity contribution is 7.26. The zero-order valence-electron chi connectivity index (χ0n) is 3.09. The van der Waals surface area contributed by atoms with Crippen molar-refractivity contribution in [1.82, 2.24) is 4.98 Å². The third kappa shape index (κ3) is 0.575. The van der Waals surface area contributed by atoms with Crippen LogP contribution in [0.15, 0.2) is 17.1 Å². The largest absolute Gasteiger partial charge is 0.451 e. The summed E-state index contributed by atoms with van der Waals surface area (Å²) in [6, 6.07) is 0. The second-order valence-corrected chi connectivity index (χ2v) is 1.50. The van der Waals surface area contributed by atoms with Gasteiger partial charge in [0.1, 0.15) is 6.26 Å². The lowest BCUT2D eigenvalue weighted by molar-refractivity contribution is 0.558. The number of hydrogen-bond acceptors (Lipinski definition) is 2. The van der Waals surface area contributed by atoms with Gasteiger partial charge in [-0.15, -0.1) is 0 Å². The normalized spacial score (nSPS) is 8.83. The minimum Gasteiger partial charge on any atom is -0.451 e. The van der Waals surface area contributed by atoms with Gasteiger partial charge in [0.2, 0.25) is 0 Å². The van der Waals surface area contributed by atoms with Gasteiger partial charge in [-0.1, -0.05) is 9.24 Å². The van der Waals surface area contributed by atoms with Crippen molar-refractivity contribution in [2.45, 2.75) is 0 Å². The Morgan fingerprint density at radius 3 is 2.83 bits per heavy atom. The quantitative estimate of drug-likeness (QED) is 0.435. The van der Waals surface area contributed by atoms with Gasteiger partial charge in [-0.05, 0) is 0 Å². The molecule has 6 heavy (non-hydrogen) atoms. The summed E-state index contributed by atoms with van der Waals surface area (Å²) < 4.78 is 4.58. The summed E-state index contributed by atoms with van der Waals surface area (Å²) in [7, 11) is 2.41. The van der Waals surface area contributed by atoms with Gasteiger partial charge in [0.05, 0.1) is 5.44 Å². The minimum atomic E-state index is 0.843. The summed E-state index contributed by atoms with van der Waals surface area (Å²) >= 11 is 0. The van der Waals surface area contributed by atoms with Crippen LogP contribution in [0, 0.1) is 0 Å². The molecule has 1 aromatic rings. The van der Waals surface area contributed by atoms with Crippen LogP contribution in [0.25, 0.3) is 0 Å². The first kappa shape index (κ1) is 3.82. The number of rotatable bonds is 0. The Labute approximate surface area is 37.8 Å². The molecule has 0 amide bonds. The first-order valence-electron chi connectivity index (χ1n) is 1.53. The summed E-state index contributed by atoms with van der Waals surface area (Å²) in [5.41, 5.74) is 0.843. The molecular weight excluding hydrogens is 97.0 g/mol. The van der Waals surface area contributed by atoms with Crippen LogP contribution in [-0.2, 0) is 0 Å². The average molecular weight is 101 g/mol. The predicted molar refractivity (Wildman–Crippen MR) is 25.8 cm³/mol. The van der Waals surface area contributed by atoms with E-state index >= 15 is 0 Å². The molecule has 3 heteroatoms. The van der Waals surface area contributed by atoms with Crippen LogP contribution in [0.2, 0.25) is 0 Å². The van der Waals surface area contributed by atoms with E-state index in [-0.39, 0.29) is 0 Å². The number of nitrogens with zero attached hydrogens (tertiary/aromatic N) is 1. The molecular formula is C3H4NOP. The minimum absolute atomic E-state index is 0.843. The third-order valence-electron chi connectivity index (χ3n) is 0.451. The fraction of sp³-hybridized carbons (Fsp3) is 0. The van der Waals surface area contributed by atoms with Crippen LogP contribution in [0.3, 0.4) is 0 Å². The smallest absolute Gasteiger partial charge is 0.181 e.